The Balaban J connectivity index is 1.47. The number of anilines is 1. The van der Waals surface area contributed by atoms with E-state index in [1.807, 2.05) is 31.2 Å². The largest absolute Gasteiger partial charge is 0.340 e. The molecule has 1 atom stereocenters. The lowest BCUT2D eigenvalue weighted by Crippen LogP contribution is -2.46. The molecule has 1 fully saturated rings. The molecular weight excluding hydrogens is 376 g/mol. The molecule has 1 aliphatic rings. The fraction of sp³-hybridized carbons (Fsp3) is 0.421. The van der Waals surface area contributed by atoms with E-state index in [1.165, 1.54) is 11.3 Å². The molecule has 1 N–H and O–H groups in total. The fourth-order valence-electron chi connectivity index (χ4n) is 3.43. The Morgan fingerprint density at radius 1 is 1.32 bits per heavy atom. The van der Waals surface area contributed by atoms with Gasteiger partial charge in [-0.05, 0) is 38.4 Å². The first-order valence-corrected chi connectivity index (χ1v) is 10.1. The van der Waals surface area contributed by atoms with Crippen molar-refractivity contribution in [3.05, 3.63) is 41.0 Å². The SMILES string of the molecule is Cc1nc(CN2CCCC[C@H]2C(=O)Nc2cccc(-c3nnc(C)s3)c2)no1. The van der Waals surface area contributed by atoms with Crippen molar-refractivity contribution < 1.29 is 9.32 Å². The van der Waals surface area contributed by atoms with Crippen LogP contribution in [0, 0.1) is 13.8 Å². The van der Waals surface area contributed by atoms with Crippen LogP contribution < -0.4 is 5.32 Å². The Bertz CT molecular complexity index is 969. The van der Waals surface area contributed by atoms with E-state index in [4.69, 9.17) is 4.52 Å². The van der Waals surface area contributed by atoms with Gasteiger partial charge < -0.3 is 9.84 Å². The van der Waals surface area contributed by atoms with Crippen LogP contribution in [0.5, 0.6) is 0 Å². The van der Waals surface area contributed by atoms with E-state index in [2.05, 4.69) is 30.6 Å². The summed E-state index contributed by atoms with van der Waals surface area (Å²) < 4.78 is 5.06. The molecule has 1 amide bonds. The number of rotatable bonds is 5. The van der Waals surface area contributed by atoms with Gasteiger partial charge in [0.05, 0.1) is 12.6 Å². The number of benzene rings is 1. The highest BCUT2D eigenvalue weighted by Gasteiger charge is 2.29. The number of aryl methyl sites for hydroxylation is 2. The van der Waals surface area contributed by atoms with Crippen molar-refractivity contribution in [1.82, 2.24) is 25.2 Å². The van der Waals surface area contributed by atoms with E-state index in [0.29, 0.717) is 18.3 Å². The van der Waals surface area contributed by atoms with Crippen LogP contribution in [0.25, 0.3) is 10.6 Å². The lowest BCUT2D eigenvalue weighted by atomic mass is 10.0. The molecule has 0 spiro atoms. The number of likely N-dealkylation sites (tertiary alicyclic amines) is 1. The second kappa shape index (κ2) is 8.15. The Kier molecular flexibility index (Phi) is 5.45. The zero-order valence-electron chi connectivity index (χ0n) is 15.9. The third-order valence-electron chi connectivity index (χ3n) is 4.73. The maximum Gasteiger partial charge on any atom is 0.241 e. The van der Waals surface area contributed by atoms with Gasteiger partial charge in [0.25, 0.3) is 0 Å². The molecule has 0 saturated carbocycles. The van der Waals surface area contributed by atoms with Crippen LogP contribution >= 0.6 is 11.3 Å². The fourth-order valence-corrected chi connectivity index (χ4v) is 4.12. The van der Waals surface area contributed by atoms with Crippen molar-refractivity contribution in [3.63, 3.8) is 0 Å². The van der Waals surface area contributed by atoms with E-state index in [1.54, 1.807) is 6.92 Å². The summed E-state index contributed by atoms with van der Waals surface area (Å²) in [5.41, 5.74) is 1.71. The standard InChI is InChI=1S/C19H22N6O2S/c1-12-20-17(24-27-12)11-25-9-4-3-8-16(25)18(26)21-15-7-5-6-14(10-15)19-23-22-13(2)28-19/h5-7,10,16H,3-4,8-9,11H2,1-2H3,(H,21,26)/t16-/m0/s1. The van der Waals surface area contributed by atoms with Crippen LogP contribution in [0.1, 0.15) is 36.0 Å². The number of carbonyl (C=O) groups is 1. The number of amides is 1. The summed E-state index contributed by atoms with van der Waals surface area (Å²) in [6, 6.07) is 7.52. The molecule has 8 nitrogen and oxygen atoms in total. The summed E-state index contributed by atoms with van der Waals surface area (Å²) in [4.78, 5) is 19.4. The van der Waals surface area contributed by atoms with Crippen LogP contribution in [0.4, 0.5) is 5.69 Å². The Labute approximate surface area is 167 Å². The van der Waals surface area contributed by atoms with Crippen molar-refractivity contribution in [3.8, 4) is 10.6 Å². The molecule has 3 aromatic rings. The second-order valence-electron chi connectivity index (χ2n) is 6.91. The molecular formula is C19H22N6O2S. The van der Waals surface area contributed by atoms with Gasteiger partial charge in [0, 0.05) is 18.2 Å². The highest BCUT2D eigenvalue weighted by atomic mass is 32.1. The first-order valence-electron chi connectivity index (χ1n) is 9.33. The van der Waals surface area contributed by atoms with Gasteiger partial charge in [-0.25, -0.2) is 0 Å². The first-order chi connectivity index (χ1) is 13.6. The zero-order chi connectivity index (χ0) is 19.5. The van der Waals surface area contributed by atoms with Gasteiger partial charge >= 0.3 is 0 Å². The van der Waals surface area contributed by atoms with Gasteiger partial charge in [-0.2, -0.15) is 4.98 Å². The average Bonchev–Trinajstić information content (AvgIpc) is 3.30. The lowest BCUT2D eigenvalue weighted by molar-refractivity contribution is -0.122. The number of nitrogens with zero attached hydrogens (tertiary/aromatic N) is 5. The van der Waals surface area contributed by atoms with E-state index in [-0.39, 0.29) is 11.9 Å². The normalized spacial score (nSPS) is 17.6. The molecule has 146 valence electrons. The Hall–Kier alpha value is -2.65. The second-order valence-corrected chi connectivity index (χ2v) is 8.09. The van der Waals surface area contributed by atoms with Gasteiger partial charge in [0.2, 0.25) is 11.8 Å². The van der Waals surface area contributed by atoms with Gasteiger partial charge in [0.1, 0.15) is 10.0 Å². The van der Waals surface area contributed by atoms with E-state index in [0.717, 1.165) is 47.1 Å². The predicted molar refractivity (Wildman–Crippen MR) is 106 cm³/mol. The van der Waals surface area contributed by atoms with E-state index >= 15 is 0 Å². The molecule has 2 aromatic heterocycles. The third-order valence-corrected chi connectivity index (χ3v) is 5.62. The third kappa shape index (κ3) is 4.26. The minimum absolute atomic E-state index is 0.00879. The van der Waals surface area contributed by atoms with Crippen molar-refractivity contribution in [2.75, 3.05) is 11.9 Å². The predicted octanol–water partition coefficient (Wildman–Crippen LogP) is 3.20. The number of aromatic nitrogens is 4. The smallest absolute Gasteiger partial charge is 0.241 e. The average molecular weight is 398 g/mol. The number of piperidine rings is 1. The number of nitrogens with one attached hydrogen (secondary N) is 1. The molecule has 0 bridgehead atoms. The van der Waals surface area contributed by atoms with Crippen LogP contribution in [0.3, 0.4) is 0 Å². The summed E-state index contributed by atoms with van der Waals surface area (Å²) in [7, 11) is 0. The number of hydrogen-bond acceptors (Lipinski definition) is 8. The van der Waals surface area contributed by atoms with Crippen LogP contribution in [-0.2, 0) is 11.3 Å². The van der Waals surface area contributed by atoms with Gasteiger partial charge in [-0.1, -0.05) is 35.0 Å². The Morgan fingerprint density at radius 2 is 2.21 bits per heavy atom. The molecule has 4 rings (SSSR count). The lowest BCUT2D eigenvalue weighted by Gasteiger charge is -2.33. The van der Waals surface area contributed by atoms with Crippen LogP contribution in [0.15, 0.2) is 28.8 Å². The quantitative estimate of drug-likeness (QED) is 0.705. The van der Waals surface area contributed by atoms with Crippen molar-refractivity contribution >= 4 is 22.9 Å². The van der Waals surface area contributed by atoms with E-state index < -0.39 is 0 Å². The van der Waals surface area contributed by atoms with Gasteiger partial charge in [-0.3, -0.25) is 9.69 Å². The van der Waals surface area contributed by atoms with Crippen molar-refractivity contribution in [2.45, 2.75) is 45.7 Å². The minimum Gasteiger partial charge on any atom is -0.340 e. The first kappa shape index (κ1) is 18.7. The summed E-state index contributed by atoms with van der Waals surface area (Å²) in [6.07, 6.45) is 2.91. The van der Waals surface area contributed by atoms with Crippen LogP contribution in [0.2, 0.25) is 0 Å². The number of carbonyl (C=O) groups excluding carboxylic acids is 1. The molecule has 0 aliphatic carbocycles. The molecule has 1 saturated heterocycles. The summed E-state index contributed by atoms with van der Waals surface area (Å²) >= 11 is 1.53. The van der Waals surface area contributed by atoms with Gasteiger partial charge in [-0.15, -0.1) is 10.2 Å². The highest BCUT2D eigenvalue weighted by molar-refractivity contribution is 7.14. The van der Waals surface area contributed by atoms with Crippen molar-refractivity contribution in [1.29, 1.82) is 0 Å². The van der Waals surface area contributed by atoms with Gasteiger partial charge in [0.15, 0.2) is 5.82 Å². The molecule has 9 heteroatoms. The summed E-state index contributed by atoms with van der Waals surface area (Å²) in [5, 5.41) is 17.0. The molecule has 3 heterocycles. The molecule has 1 aromatic carbocycles. The summed E-state index contributed by atoms with van der Waals surface area (Å²) in [6.45, 7) is 5.05. The maximum atomic E-state index is 13.0. The molecule has 0 unspecified atom stereocenters. The zero-order valence-corrected chi connectivity index (χ0v) is 16.7. The van der Waals surface area contributed by atoms with E-state index in [9.17, 15) is 4.79 Å². The van der Waals surface area contributed by atoms with Crippen molar-refractivity contribution in [2.24, 2.45) is 0 Å². The maximum absolute atomic E-state index is 13.0. The molecule has 1 aliphatic heterocycles. The highest BCUT2D eigenvalue weighted by Crippen LogP contribution is 2.26. The number of hydrogen-bond donors (Lipinski definition) is 1. The Morgan fingerprint density at radius 3 is 2.96 bits per heavy atom. The van der Waals surface area contributed by atoms with Crippen LogP contribution in [-0.4, -0.2) is 43.7 Å². The monoisotopic (exact) mass is 398 g/mol. The topological polar surface area (TPSA) is 97.0 Å². The molecule has 0 radical (unpaired) electrons. The molecule has 28 heavy (non-hydrogen) atoms. The summed E-state index contributed by atoms with van der Waals surface area (Å²) in [5.74, 6) is 1.15. The minimum atomic E-state index is -0.208.